The second-order valence-corrected chi connectivity index (χ2v) is 2.93. The molecular formula is C9H3N3O2. The van der Waals surface area contributed by atoms with Gasteiger partial charge < -0.3 is 0 Å². The Labute approximate surface area is 76.8 Å². The molecule has 0 amide bonds. The highest BCUT2D eigenvalue weighted by Crippen LogP contribution is 2.08. The van der Waals surface area contributed by atoms with Crippen molar-refractivity contribution in [2.75, 3.05) is 0 Å². The van der Waals surface area contributed by atoms with Crippen LogP contribution in [-0.4, -0.2) is 15.0 Å². The van der Waals surface area contributed by atoms with Crippen molar-refractivity contribution < 1.29 is 0 Å². The molecule has 0 saturated carbocycles. The number of hydrogen-bond acceptors (Lipinski definition) is 5. The molecule has 2 aromatic heterocycles. The van der Waals surface area contributed by atoms with Gasteiger partial charge >= 0.3 is 0 Å². The smallest absolute Gasteiger partial charge is 0.256 e. The van der Waals surface area contributed by atoms with Crippen molar-refractivity contribution in [3.63, 3.8) is 0 Å². The molecule has 66 valence electrons. The maximum atomic E-state index is 11.0. The quantitative estimate of drug-likeness (QED) is 0.452. The van der Waals surface area contributed by atoms with E-state index in [0.717, 1.165) is 0 Å². The minimum Gasteiger partial charge on any atom is -0.283 e. The Morgan fingerprint density at radius 2 is 1.71 bits per heavy atom. The fraction of sp³-hybridized carbons (Fsp3) is 0. The van der Waals surface area contributed by atoms with E-state index in [2.05, 4.69) is 15.0 Å². The van der Waals surface area contributed by atoms with Crippen molar-refractivity contribution in [2.24, 2.45) is 0 Å². The molecule has 1 aromatic carbocycles. The summed E-state index contributed by atoms with van der Waals surface area (Å²) in [7, 11) is 0. The van der Waals surface area contributed by atoms with E-state index < -0.39 is 10.9 Å². The summed E-state index contributed by atoms with van der Waals surface area (Å²) >= 11 is 0. The highest BCUT2D eigenvalue weighted by Gasteiger charge is 2.16. The summed E-state index contributed by atoms with van der Waals surface area (Å²) < 4.78 is 0. The Hall–Kier alpha value is -2.17. The topological polar surface area (TPSA) is 72.8 Å². The van der Waals surface area contributed by atoms with Gasteiger partial charge in [0.15, 0.2) is 5.65 Å². The van der Waals surface area contributed by atoms with Crippen LogP contribution in [0.25, 0.3) is 22.2 Å². The van der Waals surface area contributed by atoms with Crippen molar-refractivity contribution in [3.05, 3.63) is 38.8 Å². The molecule has 2 heterocycles. The second-order valence-electron chi connectivity index (χ2n) is 2.93. The number of fused-ring (bicyclic) bond motifs is 2. The SMILES string of the molecule is O=c1c(=O)c2nc3ncccc3nc12. The van der Waals surface area contributed by atoms with Gasteiger partial charge in [-0.2, -0.15) is 0 Å². The number of nitrogens with zero attached hydrogens (tertiary/aromatic N) is 3. The highest BCUT2D eigenvalue weighted by molar-refractivity contribution is 5.87. The largest absolute Gasteiger partial charge is 0.283 e. The third-order valence-electron chi connectivity index (χ3n) is 2.08. The summed E-state index contributed by atoms with van der Waals surface area (Å²) in [5, 5.41) is 0. The van der Waals surface area contributed by atoms with Gasteiger partial charge in [-0.15, -0.1) is 0 Å². The fourth-order valence-corrected chi connectivity index (χ4v) is 1.36. The number of aromatic nitrogens is 3. The Balaban J connectivity index is 2.61. The average molecular weight is 185 g/mol. The van der Waals surface area contributed by atoms with Gasteiger partial charge in [-0.05, 0) is 12.1 Å². The van der Waals surface area contributed by atoms with Crippen LogP contribution in [0, 0.1) is 0 Å². The molecule has 0 aliphatic rings. The van der Waals surface area contributed by atoms with Crippen molar-refractivity contribution in [3.8, 4) is 0 Å². The second kappa shape index (κ2) is 2.20. The molecule has 0 radical (unpaired) electrons. The van der Waals surface area contributed by atoms with Gasteiger partial charge in [0.2, 0.25) is 0 Å². The molecule has 0 aliphatic heterocycles. The summed E-state index contributed by atoms with van der Waals surface area (Å²) in [6.45, 7) is 0. The first-order valence-corrected chi connectivity index (χ1v) is 3.99. The maximum Gasteiger partial charge on any atom is 0.256 e. The van der Waals surface area contributed by atoms with Crippen LogP contribution in [0.3, 0.4) is 0 Å². The number of rotatable bonds is 0. The molecular weight excluding hydrogens is 182 g/mol. The Morgan fingerprint density at radius 3 is 2.50 bits per heavy atom. The first-order chi connectivity index (χ1) is 6.77. The molecule has 5 heteroatoms. The number of pyridine rings is 1. The third-order valence-corrected chi connectivity index (χ3v) is 2.08. The first-order valence-electron chi connectivity index (χ1n) is 3.99. The minimum atomic E-state index is -0.569. The van der Waals surface area contributed by atoms with Crippen LogP contribution in [0.2, 0.25) is 0 Å². The van der Waals surface area contributed by atoms with Gasteiger partial charge in [0.25, 0.3) is 10.9 Å². The van der Waals surface area contributed by atoms with Crippen molar-refractivity contribution in [1.29, 1.82) is 0 Å². The lowest BCUT2D eigenvalue weighted by atomic mass is 10.2. The monoisotopic (exact) mass is 185 g/mol. The average Bonchev–Trinajstić information content (AvgIpc) is 2.26. The molecule has 14 heavy (non-hydrogen) atoms. The lowest BCUT2D eigenvalue weighted by Crippen LogP contribution is -2.32. The van der Waals surface area contributed by atoms with Gasteiger partial charge in [0.1, 0.15) is 16.6 Å². The lowest BCUT2D eigenvalue weighted by molar-refractivity contribution is 1.25. The van der Waals surface area contributed by atoms with Crippen LogP contribution in [0.1, 0.15) is 0 Å². The van der Waals surface area contributed by atoms with Crippen LogP contribution >= 0.6 is 0 Å². The summed E-state index contributed by atoms with van der Waals surface area (Å²) in [5.74, 6) is 0. The van der Waals surface area contributed by atoms with Crippen LogP contribution < -0.4 is 10.9 Å². The van der Waals surface area contributed by atoms with E-state index in [1.165, 1.54) is 0 Å². The molecule has 0 atom stereocenters. The zero-order valence-corrected chi connectivity index (χ0v) is 6.89. The molecule has 0 aliphatic carbocycles. The van der Waals surface area contributed by atoms with E-state index >= 15 is 0 Å². The maximum absolute atomic E-state index is 11.0. The molecule has 0 unspecified atom stereocenters. The molecule has 3 rings (SSSR count). The lowest BCUT2D eigenvalue weighted by Gasteiger charge is -1.99. The predicted octanol–water partition coefficient (Wildman–Crippen LogP) is -0.226. The van der Waals surface area contributed by atoms with Crippen molar-refractivity contribution in [2.45, 2.75) is 0 Å². The van der Waals surface area contributed by atoms with Crippen LogP contribution in [0.4, 0.5) is 0 Å². The van der Waals surface area contributed by atoms with Gasteiger partial charge in [-0.1, -0.05) is 0 Å². The van der Waals surface area contributed by atoms with Crippen molar-refractivity contribution in [1.82, 2.24) is 15.0 Å². The zero-order valence-electron chi connectivity index (χ0n) is 6.89. The summed E-state index contributed by atoms with van der Waals surface area (Å²) in [4.78, 5) is 33.9. The van der Waals surface area contributed by atoms with Crippen LogP contribution in [-0.2, 0) is 0 Å². The standard InChI is InChI=1S/C9H3N3O2/c13-7-5-6(8(7)14)12-9-4(11-5)2-1-3-10-9/h1-3H. The van der Waals surface area contributed by atoms with Crippen LogP contribution in [0.5, 0.6) is 0 Å². The van der Waals surface area contributed by atoms with E-state index in [4.69, 9.17) is 0 Å². The zero-order chi connectivity index (χ0) is 9.71. The summed E-state index contributed by atoms with van der Waals surface area (Å²) in [6, 6.07) is 3.40. The molecule has 3 aromatic rings. The Kier molecular flexibility index (Phi) is 1.14. The minimum absolute atomic E-state index is 0.140. The van der Waals surface area contributed by atoms with Crippen molar-refractivity contribution >= 4 is 22.2 Å². The summed E-state index contributed by atoms with van der Waals surface area (Å²) in [5.41, 5.74) is 0.106. The van der Waals surface area contributed by atoms with E-state index in [-0.39, 0.29) is 11.0 Å². The van der Waals surface area contributed by atoms with Crippen LogP contribution in [0.15, 0.2) is 27.9 Å². The summed E-state index contributed by atoms with van der Waals surface area (Å²) in [6.07, 6.45) is 1.56. The van der Waals surface area contributed by atoms with Gasteiger partial charge in [-0.25, -0.2) is 15.0 Å². The predicted molar refractivity (Wildman–Crippen MR) is 49.8 cm³/mol. The molecule has 0 bridgehead atoms. The third kappa shape index (κ3) is 0.711. The Morgan fingerprint density at radius 1 is 1.00 bits per heavy atom. The van der Waals surface area contributed by atoms with Gasteiger partial charge in [0.05, 0.1) is 0 Å². The molecule has 0 N–H and O–H groups in total. The number of hydrogen-bond donors (Lipinski definition) is 0. The normalized spacial score (nSPS) is 11.4. The van der Waals surface area contributed by atoms with E-state index in [9.17, 15) is 9.59 Å². The van der Waals surface area contributed by atoms with Gasteiger partial charge in [0, 0.05) is 6.20 Å². The molecule has 0 spiro atoms. The molecule has 5 nitrogen and oxygen atoms in total. The molecule has 0 saturated heterocycles. The van der Waals surface area contributed by atoms with E-state index in [0.29, 0.717) is 11.2 Å². The highest BCUT2D eigenvalue weighted by atomic mass is 16.2. The fourth-order valence-electron chi connectivity index (χ4n) is 1.36. The molecule has 0 fully saturated rings. The Bertz CT molecular complexity index is 663. The van der Waals surface area contributed by atoms with Gasteiger partial charge in [-0.3, -0.25) is 9.59 Å². The first kappa shape index (κ1) is 7.25. The van der Waals surface area contributed by atoms with E-state index in [1.54, 1.807) is 18.3 Å². The van der Waals surface area contributed by atoms with E-state index in [1.807, 2.05) is 0 Å².